The SMILES string of the molecule is O=C1C=CC2=CN([C@@H](CC3CCCC3)C(=O)Nc3cnc(Br)cn3)CC2=C1C(F)(F)F. The van der Waals surface area contributed by atoms with Gasteiger partial charge in [0.1, 0.15) is 16.2 Å². The van der Waals surface area contributed by atoms with Gasteiger partial charge in [-0.05, 0) is 51.6 Å². The number of nitrogens with one attached hydrogen (secondary N) is 1. The van der Waals surface area contributed by atoms with Crippen molar-refractivity contribution in [3.63, 3.8) is 0 Å². The van der Waals surface area contributed by atoms with Crippen molar-refractivity contribution in [2.75, 3.05) is 11.9 Å². The number of amides is 1. The number of fused-ring (bicyclic) bond motifs is 1. The van der Waals surface area contributed by atoms with Crippen molar-refractivity contribution in [3.8, 4) is 0 Å². The van der Waals surface area contributed by atoms with E-state index in [-0.39, 0.29) is 23.8 Å². The molecule has 6 nitrogen and oxygen atoms in total. The molecule has 4 rings (SSSR count). The van der Waals surface area contributed by atoms with Crippen LogP contribution in [0.2, 0.25) is 0 Å². The molecule has 1 N–H and O–H groups in total. The summed E-state index contributed by atoms with van der Waals surface area (Å²) >= 11 is 3.18. The molecule has 0 saturated heterocycles. The summed E-state index contributed by atoms with van der Waals surface area (Å²) < 4.78 is 41.0. The van der Waals surface area contributed by atoms with Crippen LogP contribution in [0.25, 0.3) is 0 Å². The van der Waals surface area contributed by atoms with Crippen LogP contribution in [0, 0.1) is 5.92 Å². The summed E-state index contributed by atoms with van der Waals surface area (Å²) in [4.78, 5) is 34.8. The lowest BCUT2D eigenvalue weighted by Gasteiger charge is -2.29. The van der Waals surface area contributed by atoms with Crippen molar-refractivity contribution in [1.29, 1.82) is 0 Å². The Hall–Kier alpha value is -2.49. The summed E-state index contributed by atoms with van der Waals surface area (Å²) in [5.41, 5.74) is -0.908. The molecular formula is C21H20BrF3N4O2. The van der Waals surface area contributed by atoms with Gasteiger partial charge >= 0.3 is 6.18 Å². The van der Waals surface area contributed by atoms with Gasteiger partial charge in [0.25, 0.3) is 0 Å². The molecule has 1 saturated carbocycles. The number of rotatable bonds is 5. The fraction of sp³-hybridized carbons (Fsp3) is 0.429. The van der Waals surface area contributed by atoms with E-state index in [1.165, 1.54) is 18.5 Å². The molecule has 1 aliphatic heterocycles. The molecule has 0 unspecified atom stereocenters. The predicted molar refractivity (Wildman–Crippen MR) is 111 cm³/mol. The molecule has 0 spiro atoms. The minimum atomic E-state index is -4.75. The van der Waals surface area contributed by atoms with Gasteiger partial charge in [-0.25, -0.2) is 9.97 Å². The molecule has 0 radical (unpaired) electrons. The highest BCUT2D eigenvalue weighted by atomic mass is 79.9. The van der Waals surface area contributed by atoms with Gasteiger partial charge < -0.3 is 10.2 Å². The predicted octanol–water partition coefficient (Wildman–Crippen LogP) is 4.32. The second-order valence-corrected chi connectivity index (χ2v) is 8.73. The molecule has 0 aromatic carbocycles. The lowest BCUT2D eigenvalue weighted by Crippen LogP contribution is -2.42. The van der Waals surface area contributed by atoms with Crippen LogP contribution in [0.1, 0.15) is 32.1 Å². The monoisotopic (exact) mass is 496 g/mol. The Balaban J connectivity index is 1.61. The van der Waals surface area contributed by atoms with Crippen LogP contribution in [0.15, 0.2) is 52.1 Å². The number of anilines is 1. The zero-order chi connectivity index (χ0) is 22.2. The molecule has 31 heavy (non-hydrogen) atoms. The number of aromatic nitrogens is 2. The number of nitrogens with zero attached hydrogens (tertiary/aromatic N) is 3. The largest absolute Gasteiger partial charge is 0.420 e. The normalized spacial score (nSPS) is 20.2. The van der Waals surface area contributed by atoms with Gasteiger partial charge in [-0.3, -0.25) is 9.59 Å². The fourth-order valence-corrected chi connectivity index (χ4v) is 4.60. The molecule has 2 heterocycles. The van der Waals surface area contributed by atoms with E-state index in [9.17, 15) is 22.8 Å². The van der Waals surface area contributed by atoms with Crippen molar-refractivity contribution in [2.45, 2.75) is 44.3 Å². The summed E-state index contributed by atoms with van der Waals surface area (Å²) in [5, 5.41) is 2.72. The number of carbonyl (C=O) groups excluding carboxylic acids is 2. The first kappa shape index (κ1) is 21.7. The Labute approximate surface area is 185 Å². The van der Waals surface area contributed by atoms with E-state index < -0.39 is 23.6 Å². The van der Waals surface area contributed by atoms with Crippen LogP contribution in [0.3, 0.4) is 0 Å². The molecule has 1 atom stereocenters. The molecule has 1 aromatic rings. The number of ketones is 1. The lowest BCUT2D eigenvalue weighted by atomic mass is 9.93. The van der Waals surface area contributed by atoms with Gasteiger partial charge in [-0.15, -0.1) is 0 Å². The van der Waals surface area contributed by atoms with Crippen LogP contribution in [0.5, 0.6) is 0 Å². The number of hydrogen-bond acceptors (Lipinski definition) is 5. The van der Waals surface area contributed by atoms with Crippen molar-refractivity contribution in [2.24, 2.45) is 5.92 Å². The summed E-state index contributed by atoms with van der Waals surface area (Å²) in [6.45, 7) is -0.142. The number of carbonyl (C=O) groups is 2. The molecule has 0 bridgehead atoms. The quantitative estimate of drug-likeness (QED) is 0.656. The van der Waals surface area contributed by atoms with E-state index in [0.29, 0.717) is 22.5 Å². The molecule has 1 aromatic heterocycles. The van der Waals surface area contributed by atoms with E-state index in [1.807, 2.05) is 0 Å². The Morgan fingerprint density at radius 2 is 1.97 bits per heavy atom. The van der Waals surface area contributed by atoms with Crippen molar-refractivity contribution in [3.05, 3.63) is 52.1 Å². The van der Waals surface area contributed by atoms with E-state index in [4.69, 9.17) is 0 Å². The van der Waals surface area contributed by atoms with Gasteiger partial charge in [0, 0.05) is 12.7 Å². The Bertz CT molecular complexity index is 979. The fourth-order valence-electron chi connectivity index (χ4n) is 4.39. The van der Waals surface area contributed by atoms with Gasteiger partial charge in [0.15, 0.2) is 11.6 Å². The third-order valence-electron chi connectivity index (χ3n) is 5.85. The van der Waals surface area contributed by atoms with Gasteiger partial charge in [0.05, 0.1) is 12.4 Å². The number of allylic oxidation sites excluding steroid dienone is 3. The van der Waals surface area contributed by atoms with Gasteiger partial charge in [-0.2, -0.15) is 13.2 Å². The second kappa shape index (κ2) is 8.57. The van der Waals surface area contributed by atoms with Crippen molar-refractivity contribution >= 4 is 33.4 Å². The molecule has 2 aliphatic carbocycles. The smallest absolute Gasteiger partial charge is 0.361 e. The number of halogens is 4. The molecular weight excluding hydrogens is 477 g/mol. The lowest BCUT2D eigenvalue weighted by molar-refractivity contribution is -0.125. The van der Waals surface area contributed by atoms with Gasteiger partial charge in [0.2, 0.25) is 5.91 Å². The first-order chi connectivity index (χ1) is 14.7. The zero-order valence-electron chi connectivity index (χ0n) is 16.5. The summed E-state index contributed by atoms with van der Waals surface area (Å²) in [5.74, 6) is -0.827. The van der Waals surface area contributed by atoms with E-state index in [1.54, 1.807) is 11.1 Å². The maximum atomic E-state index is 13.5. The van der Waals surface area contributed by atoms with Crippen molar-refractivity contribution in [1.82, 2.24) is 14.9 Å². The van der Waals surface area contributed by atoms with Crippen LogP contribution in [0.4, 0.5) is 19.0 Å². The van der Waals surface area contributed by atoms with Crippen LogP contribution < -0.4 is 5.32 Å². The van der Waals surface area contributed by atoms with Crippen LogP contribution in [-0.2, 0) is 9.59 Å². The zero-order valence-corrected chi connectivity index (χ0v) is 18.0. The highest BCUT2D eigenvalue weighted by Gasteiger charge is 2.44. The van der Waals surface area contributed by atoms with Crippen molar-refractivity contribution < 1.29 is 22.8 Å². The Morgan fingerprint density at radius 3 is 2.61 bits per heavy atom. The molecule has 164 valence electrons. The molecule has 3 aliphatic rings. The van der Waals surface area contributed by atoms with Crippen LogP contribution in [-0.4, -0.2) is 45.3 Å². The minimum absolute atomic E-state index is 0.0762. The highest BCUT2D eigenvalue weighted by Crippen LogP contribution is 2.39. The van der Waals surface area contributed by atoms with Gasteiger partial charge in [-0.1, -0.05) is 25.7 Å². The molecule has 10 heteroatoms. The maximum Gasteiger partial charge on any atom is 0.420 e. The average molecular weight is 497 g/mol. The first-order valence-electron chi connectivity index (χ1n) is 10.0. The summed E-state index contributed by atoms with van der Waals surface area (Å²) in [6.07, 6.45) is 6.64. The number of alkyl halides is 3. The maximum absolute atomic E-state index is 13.5. The van der Waals surface area contributed by atoms with Crippen LogP contribution >= 0.6 is 15.9 Å². The van der Waals surface area contributed by atoms with E-state index in [0.717, 1.165) is 31.8 Å². The summed E-state index contributed by atoms with van der Waals surface area (Å²) in [6, 6.07) is -0.683. The molecule has 1 amide bonds. The van der Waals surface area contributed by atoms with E-state index >= 15 is 0 Å². The first-order valence-corrected chi connectivity index (χ1v) is 10.8. The standard InChI is InChI=1S/C21H20BrF3N4O2/c22-17-8-27-18(9-26-17)28-20(31)15(7-12-3-1-2-4-12)29-10-13-5-6-16(30)19(14(13)11-29)21(23,24)25/h5-6,8-10,12,15H,1-4,7,11H2,(H,27,28,31)/t15-/m0/s1. The summed E-state index contributed by atoms with van der Waals surface area (Å²) in [7, 11) is 0. The highest BCUT2D eigenvalue weighted by molar-refractivity contribution is 9.10. The minimum Gasteiger partial charge on any atom is -0.361 e. The third kappa shape index (κ3) is 4.73. The third-order valence-corrected chi connectivity index (χ3v) is 6.26. The number of hydrogen-bond donors (Lipinski definition) is 1. The Morgan fingerprint density at radius 1 is 1.23 bits per heavy atom. The second-order valence-electron chi connectivity index (χ2n) is 7.92. The Kier molecular flexibility index (Phi) is 6.00. The molecule has 1 fully saturated rings. The average Bonchev–Trinajstić information content (AvgIpc) is 3.36. The van der Waals surface area contributed by atoms with E-state index in [2.05, 4.69) is 31.2 Å². The topological polar surface area (TPSA) is 75.2 Å².